The highest BCUT2D eigenvalue weighted by molar-refractivity contribution is 7.80. The van der Waals surface area contributed by atoms with Crippen LogP contribution in [-0.2, 0) is 0 Å². The number of anilines is 1. The summed E-state index contributed by atoms with van der Waals surface area (Å²) in [5.41, 5.74) is 3.42. The Morgan fingerprint density at radius 1 is 1.03 bits per heavy atom. The number of amides is 1. The average molecular weight is 403 g/mol. The topological polar surface area (TPSA) is 76.4 Å². The molecule has 0 aliphatic carbocycles. The number of thiocarbonyl (C=S) groups is 1. The predicted molar refractivity (Wildman–Crippen MR) is 116 cm³/mol. The minimum atomic E-state index is -0.271. The van der Waals surface area contributed by atoms with Gasteiger partial charge in [-0.3, -0.25) is 10.1 Å². The molecule has 0 unspecified atom stereocenters. The molecule has 6 nitrogen and oxygen atoms in total. The van der Waals surface area contributed by atoms with E-state index >= 15 is 0 Å². The molecule has 1 amide bonds. The number of oxazole rings is 1. The maximum Gasteiger partial charge on any atom is 0.257 e. The molecule has 29 heavy (non-hydrogen) atoms. The van der Waals surface area contributed by atoms with Crippen molar-refractivity contribution in [3.8, 4) is 17.2 Å². The van der Waals surface area contributed by atoms with E-state index < -0.39 is 0 Å². The van der Waals surface area contributed by atoms with E-state index in [0.717, 1.165) is 11.3 Å². The Kier molecular flexibility index (Phi) is 5.22. The number of fused-ring (bicyclic) bond motifs is 1. The molecule has 0 atom stereocenters. The fraction of sp³-hybridized carbons (Fsp3) is 0.0455. The van der Waals surface area contributed by atoms with Crippen molar-refractivity contribution in [3.63, 3.8) is 0 Å². The van der Waals surface area contributed by atoms with Gasteiger partial charge in [-0.1, -0.05) is 18.2 Å². The fourth-order valence-corrected chi connectivity index (χ4v) is 3.00. The normalized spacial score (nSPS) is 10.5. The molecule has 1 aromatic heterocycles. The molecule has 3 aromatic carbocycles. The molecule has 0 aliphatic rings. The largest absolute Gasteiger partial charge is 0.497 e. The molecule has 1 heterocycles. The molecule has 7 heteroatoms. The number of carbonyl (C=O) groups is 1. The zero-order chi connectivity index (χ0) is 20.2. The van der Waals surface area contributed by atoms with E-state index in [0.29, 0.717) is 28.2 Å². The molecule has 4 rings (SSSR count). The zero-order valence-electron chi connectivity index (χ0n) is 15.5. The Labute approximate surface area is 172 Å². The summed E-state index contributed by atoms with van der Waals surface area (Å²) in [7, 11) is 1.62. The summed E-state index contributed by atoms with van der Waals surface area (Å²) < 4.78 is 11.0. The van der Waals surface area contributed by atoms with Gasteiger partial charge in [-0.25, -0.2) is 4.98 Å². The van der Waals surface area contributed by atoms with Crippen molar-refractivity contribution in [2.45, 2.75) is 0 Å². The summed E-state index contributed by atoms with van der Waals surface area (Å²) in [6, 6.07) is 21.8. The summed E-state index contributed by atoms with van der Waals surface area (Å²) in [5.74, 6) is 1.01. The van der Waals surface area contributed by atoms with Crippen molar-refractivity contribution >= 4 is 40.0 Å². The number of aromatic nitrogens is 1. The van der Waals surface area contributed by atoms with Gasteiger partial charge in [0, 0.05) is 16.8 Å². The van der Waals surface area contributed by atoms with E-state index in [4.69, 9.17) is 21.4 Å². The van der Waals surface area contributed by atoms with Crippen LogP contribution in [0.25, 0.3) is 22.6 Å². The van der Waals surface area contributed by atoms with Crippen LogP contribution < -0.4 is 15.4 Å². The van der Waals surface area contributed by atoms with Crippen LogP contribution >= 0.6 is 12.2 Å². The van der Waals surface area contributed by atoms with Crippen molar-refractivity contribution in [3.05, 3.63) is 78.4 Å². The summed E-state index contributed by atoms with van der Waals surface area (Å²) in [6.45, 7) is 0. The first kappa shape index (κ1) is 18.6. The number of nitrogens with one attached hydrogen (secondary N) is 2. The Bertz CT molecular complexity index is 1170. The number of rotatable bonds is 4. The van der Waals surface area contributed by atoms with Crippen molar-refractivity contribution in [2.75, 3.05) is 12.4 Å². The Morgan fingerprint density at radius 3 is 2.52 bits per heavy atom. The lowest BCUT2D eigenvalue weighted by atomic mass is 10.2. The number of methoxy groups -OCH3 is 1. The highest BCUT2D eigenvalue weighted by atomic mass is 32.1. The highest BCUT2D eigenvalue weighted by Gasteiger charge is 2.11. The summed E-state index contributed by atoms with van der Waals surface area (Å²) >= 11 is 5.24. The standard InChI is InChI=1S/C22H17N3O3S/c1-27-17-10-7-15(8-11-17)21-24-18-13-16(9-12-19(18)28-21)23-22(29)25-20(26)14-5-3-2-4-6-14/h2-13H,1H3,(H2,23,25,26,29). The summed E-state index contributed by atoms with van der Waals surface area (Å²) in [6.07, 6.45) is 0. The van der Waals surface area contributed by atoms with Crippen LogP contribution in [-0.4, -0.2) is 23.1 Å². The lowest BCUT2D eigenvalue weighted by Crippen LogP contribution is -2.34. The minimum Gasteiger partial charge on any atom is -0.497 e. The van der Waals surface area contributed by atoms with E-state index in [9.17, 15) is 4.79 Å². The second-order valence-corrected chi connectivity index (χ2v) is 6.61. The Balaban J connectivity index is 1.48. The third-order valence-electron chi connectivity index (χ3n) is 4.25. The van der Waals surface area contributed by atoms with E-state index in [1.165, 1.54) is 0 Å². The molecule has 0 fully saturated rings. The monoisotopic (exact) mass is 403 g/mol. The van der Waals surface area contributed by atoms with Crippen LogP contribution in [0.2, 0.25) is 0 Å². The molecule has 0 saturated heterocycles. The van der Waals surface area contributed by atoms with Gasteiger partial charge in [0.15, 0.2) is 10.7 Å². The average Bonchev–Trinajstić information content (AvgIpc) is 3.17. The van der Waals surface area contributed by atoms with E-state index in [1.807, 2.05) is 42.5 Å². The van der Waals surface area contributed by atoms with Crippen LogP contribution in [0, 0.1) is 0 Å². The van der Waals surface area contributed by atoms with Crippen molar-refractivity contribution in [2.24, 2.45) is 0 Å². The zero-order valence-corrected chi connectivity index (χ0v) is 16.3. The minimum absolute atomic E-state index is 0.206. The maximum atomic E-state index is 12.2. The van der Waals surface area contributed by atoms with Gasteiger partial charge in [0.2, 0.25) is 5.89 Å². The molecule has 0 spiro atoms. The number of hydrogen-bond acceptors (Lipinski definition) is 5. The second kappa shape index (κ2) is 8.12. The smallest absolute Gasteiger partial charge is 0.257 e. The van der Waals surface area contributed by atoms with E-state index in [1.54, 1.807) is 37.4 Å². The third kappa shape index (κ3) is 4.25. The number of benzene rings is 3. The number of carbonyl (C=O) groups excluding carboxylic acids is 1. The third-order valence-corrected chi connectivity index (χ3v) is 4.45. The van der Waals surface area contributed by atoms with Gasteiger partial charge in [0.25, 0.3) is 5.91 Å². The fourth-order valence-electron chi connectivity index (χ4n) is 2.79. The molecule has 144 valence electrons. The molecule has 0 bridgehead atoms. The highest BCUT2D eigenvalue weighted by Crippen LogP contribution is 2.27. The van der Waals surface area contributed by atoms with Crippen molar-refractivity contribution in [1.82, 2.24) is 10.3 Å². The van der Waals surface area contributed by atoms with Gasteiger partial charge in [-0.15, -0.1) is 0 Å². The quantitative estimate of drug-likeness (QED) is 0.484. The molecule has 2 N–H and O–H groups in total. The molecule has 0 aliphatic heterocycles. The van der Waals surface area contributed by atoms with Crippen LogP contribution in [0.5, 0.6) is 5.75 Å². The van der Waals surface area contributed by atoms with Gasteiger partial charge >= 0.3 is 0 Å². The first-order valence-electron chi connectivity index (χ1n) is 8.85. The maximum absolute atomic E-state index is 12.2. The summed E-state index contributed by atoms with van der Waals surface area (Å²) in [5, 5.41) is 5.87. The first-order chi connectivity index (χ1) is 14.1. The van der Waals surface area contributed by atoms with Gasteiger partial charge < -0.3 is 14.5 Å². The summed E-state index contributed by atoms with van der Waals surface area (Å²) in [4.78, 5) is 16.7. The SMILES string of the molecule is COc1ccc(-c2nc3cc(NC(=S)NC(=O)c4ccccc4)ccc3o2)cc1. The lowest BCUT2D eigenvalue weighted by Gasteiger charge is -2.09. The van der Waals surface area contributed by atoms with Gasteiger partial charge in [-0.05, 0) is 66.8 Å². The van der Waals surface area contributed by atoms with E-state index in [2.05, 4.69) is 15.6 Å². The second-order valence-electron chi connectivity index (χ2n) is 6.20. The Hall–Kier alpha value is -3.71. The van der Waals surface area contributed by atoms with Crippen LogP contribution in [0.1, 0.15) is 10.4 Å². The molecule has 0 radical (unpaired) electrons. The van der Waals surface area contributed by atoms with Crippen molar-refractivity contribution in [1.29, 1.82) is 0 Å². The molecular formula is C22H17N3O3S. The lowest BCUT2D eigenvalue weighted by molar-refractivity contribution is 0.0977. The van der Waals surface area contributed by atoms with E-state index in [-0.39, 0.29) is 11.0 Å². The van der Waals surface area contributed by atoms with Crippen LogP contribution in [0.4, 0.5) is 5.69 Å². The predicted octanol–water partition coefficient (Wildman–Crippen LogP) is 4.63. The van der Waals surface area contributed by atoms with Gasteiger partial charge in [-0.2, -0.15) is 0 Å². The van der Waals surface area contributed by atoms with Crippen LogP contribution in [0.3, 0.4) is 0 Å². The van der Waals surface area contributed by atoms with Crippen LogP contribution in [0.15, 0.2) is 77.2 Å². The molecular weight excluding hydrogens is 386 g/mol. The molecule has 4 aromatic rings. The van der Waals surface area contributed by atoms with Gasteiger partial charge in [0.05, 0.1) is 7.11 Å². The first-order valence-corrected chi connectivity index (χ1v) is 9.25. The molecule has 0 saturated carbocycles. The number of nitrogens with zero attached hydrogens (tertiary/aromatic N) is 1. The van der Waals surface area contributed by atoms with Crippen molar-refractivity contribution < 1.29 is 13.9 Å². The van der Waals surface area contributed by atoms with Gasteiger partial charge in [0.1, 0.15) is 11.3 Å². The number of ether oxygens (including phenoxy) is 1. The Morgan fingerprint density at radius 2 is 1.79 bits per heavy atom. The number of hydrogen-bond donors (Lipinski definition) is 2.